The topological polar surface area (TPSA) is 96.0 Å². The number of hydrogen-bond donors (Lipinski definition) is 2. The summed E-state index contributed by atoms with van der Waals surface area (Å²) in [6, 6.07) is 7.75. The van der Waals surface area contributed by atoms with Gasteiger partial charge in [0.1, 0.15) is 17.1 Å². The molecule has 3 atom stereocenters. The third kappa shape index (κ3) is 3.15. The van der Waals surface area contributed by atoms with Crippen molar-refractivity contribution in [3.05, 3.63) is 47.6 Å². The lowest BCUT2D eigenvalue weighted by Crippen LogP contribution is -2.31. The number of pyridine rings is 1. The molecule has 2 aromatic heterocycles. The lowest BCUT2D eigenvalue weighted by Gasteiger charge is -2.31. The van der Waals surface area contributed by atoms with E-state index in [1.807, 2.05) is 25.1 Å². The van der Waals surface area contributed by atoms with E-state index in [1.54, 1.807) is 12.3 Å². The number of rotatable bonds is 3. The summed E-state index contributed by atoms with van der Waals surface area (Å²) in [6.07, 6.45) is 7.90. The maximum Gasteiger partial charge on any atom is 0.118 e. The molecule has 1 saturated carbocycles. The molecule has 2 N–H and O–H groups in total. The number of allylic oxidation sites excluding steroid dienone is 1. The number of fused-ring (bicyclic) bond motifs is 3. The Labute approximate surface area is 168 Å². The van der Waals surface area contributed by atoms with Crippen LogP contribution in [-0.2, 0) is 11.3 Å². The summed E-state index contributed by atoms with van der Waals surface area (Å²) in [4.78, 5) is 14.8. The van der Waals surface area contributed by atoms with Gasteiger partial charge < -0.3 is 14.5 Å². The summed E-state index contributed by atoms with van der Waals surface area (Å²) in [6.45, 7) is 1.92. The molecule has 1 aliphatic carbocycles. The number of aliphatic hydroxyl groups is 1. The highest BCUT2D eigenvalue weighted by Crippen LogP contribution is 2.36. The molecule has 3 aromatic rings. The van der Waals surface area contributed by atoms with Crippen LogP contribution in [0.25, 0.3) is 21.9 Å². The van der Waals surface area contributed by atoms with Crippen molar-refractivity contribution in [2.75, 3.05) is 0 Å². The third-order valence-electron chi connectivity index (χ3n) is 5.95. The van der Waals surface area contributed by atoms with Crippen molar-refractivity contribution in [2.24, 2.45) is 0 Å². The SMILES string of the molecule is CC1=CC(Cc2nc3cnc4ccc(C#N)cc4c3n2[C@H]2CCCC[C@H]2O)NO1. The lowest BCUT2D eigenvalue weighted by molar-refractivity contribution is 0.0751. The normalized spacial score (nSPS) is 24.4. The number of nitrogens with zero attached hydrogens (tertiary/aromatic N) is 4. The summed E-state index contributed by atoms with van der Waals surface area (Å²) < 4.78 is 2.20. The minimum Gasteiger partial charge on any atom is -0.413 e. The van der Waals surface area contributed by atoms with Gasteiger partial charge >= 0.3 is 0 Å². The van der Waals surface area contributed by atoms with Gasteiger partial charge in [-0.3, -0.25) is 4.98 Å². The highest BCUT2D eigenvalue weighted by atomic mass is 16.7. The van der Waals surface area contributed by atoms with Crippen LogP contribution in [0.5, 0.6) is 0 Å². The van der Waals surface area contributed by atoms with E-state index in [4.69, 9.17) is 9.82 Å². The second-order valence-corrected chi connectivity index (χ2v) is 7.96. The molecular weight excluding hydrogens is 366 g/mol. The molecule has 1 aliphatic heterocycles. The molecular formula is C22H23N5O2. The van der Waals surface area contributed by atoms with E-state index in [0.29, 0.717) is 12.0 Å². The molecule has 7 heteroatoms. The lowest BCUT2D eigenvalue weighted by atomic mass is 9.92. The number of hydroxylamine groups is 1. The van der Waals surface area contributed by atoms with Crippen LogP contribution in [0, 0.1) is 11.3 Å². The Morgan fingerprint density at radius 2 is 2.17 bits per heavy atom. The Morgan fingerprint density at radius 3 is 2.93 bits per heavy atom. The predicted octanol–water partition coefficient (Wildman–Crippen LogP) is 3.28. The third-order valence-corrected chi connectivity index (χ3v) is 5.95. The van der Waals surface area contributed by atoms with Gasteiger partial charge in [0.05, 0.1) is 47.1 Å². The molecule has 0 spiro atoms. The van der Waals surface area contributed by atoms with E-state index >= 15 is 0 Å². The van der Waals surface area contributed by atoms with E-state index in [0.717, 1.165) is 59.2 Å². The van der Waals surface area contributed by atoms with Gasteiger partial charge in [0.15, 0.2) is 0 Å². The average Bonchev–Trinajstić information content (AvgIpc) is 3.31. The highest BCUT2D eigenvalue weighted by Gasteiger charge is 2.30. The number of aliphatic hydroxyl groups excluding tert-OH is 1. The van der Waals surface area contributed by atoms with Crippen LogP contribution in [0.15, 0.2) is 36.2 Å². The fraction of sp³-hybridized carbons (Fsp3) is 0.409. The Kier molecular flexibility index (Phi) is 4.46. The molecule has 5 rings (SSSR count). The maximum atomic E-state index is 10.8. The Bertz CT molecular complexity index is 1160. The second kappa shape index (κ2) is 7.14. The van der Waals surface area contributed by atoms with Crippen LogP contribution in [0.2, 0.25) is 0 Å². The average molecular weight is 389 g/mol. The quantitative estimate of drug-likeness (QED) is 0.714. The van der Waals surface area contributed by atoms with Gasteiger partial charge in [-0.2, -0.15) is 5.26 Å². The molecule has 0 bridgehead atoms. The zero-order valence-corrected chi connectivity index (χ0v) is 16.3. The van der Waals surface area contributed by atoms with Gasteiger partial charge in [0.2, 0.25) is 0 Å². The van der Waals surface area contributed by atoms with Gasteiger partial charge in [-0.15, -0.1) is 5.48 Å². The van der Waals surface area contributed by atoms with Crippen molar-refractivity contribution >= 4 is 21.9 Å². The summed E-state index contributed by atoms with van der Waals surface area (Å²) in [5.41, 5.74) is 6.19. The van der Waals surface area contributed by atoms with E-state index in [1.165, 1.54) is 0 Å². The van der Waals surface area contributed by atoms with Crippen LogP contribution < -0.4 is 5.48 Å². The molecule has 1 fully saturated rings. The summed E-state index contributed by atoms with van der Waals surface area (Å²) >= 11 is 0. The van der Waals surface area contributed by atoms with Gasteiger partial charge in [-0.25, -0.2) is 4.98 Å². The number of nitriles is 1. The minimum absolute atomic E-state index is 0.0280. The Balaban J connectivity index is 1.74. The monoisotopic (exact) mass is 389 g/mol. The van der Waals surface area contributed by atoms with Crippen LogP contribution in [0.1, 0.15) is 50.0 Å². The fourth-order valence-electron chi connectivity index (χ4n) is 4.61. The number of aromatic nitrogens is 3. The molecule has 1 unspecified atom stereocenters. The molecule has 29 heavy (non-hydrogen) atoms. The smallest absolute Gasteiger partial charge is 0.118 e. The van der Waals surface area contributed by atoms with Crippen molar-refractivity contribution in [2.45, 2.75) is 57.2 Å². The highest BCUT2D eigenvalue weighted by molar-refractivity contribution is 6.02. The van der Waals surface area contributed by atoms with Gasteiger partial charge in [-0.05, 0) is 44.0 Å². The van der Waals surface area contributed by atoms with Crippen LogP contribution in [-0.4, -0.2) is 31.8 Å². The predicted molar refractivity (Wildman–Crippen MR) is 109 cm³/mol. The zero-order valence-electron chi connectivity index (χ0n) is 16.3. The van der Waals surface area contributed by atoms with Crippen molar-refractivity contribution in [1.29, 1.82) is 5.26 Å². The minimum atomic E-state index is -0.410. The standard InChI is InChI=1S/C22H23N5O2/c1-13-8-15(26-29-13)10-21-25-18-12-24-17-7-6-14(11-23)9-16(17)22(18)27(21)19-4-2-3-5-20(19)28/h6-9,12,15,19-20,26,28H,2-5,10H2,1H3/t15?,19-,20+/m0/s1. The number of benzene rings is 1. The molecule has 2 aliphatic rings. The van der Waals surface area contributed by atoms with Crippen LogP contribution >= 0.6 is 0 Å². The first-order valence-corrected chi connectivity index (χ1v) is 10.1. The summed E-state index contributed by atoms with van der Waals surface area (Å²) in [5.74, 6) is 1.75. The van der Waals surface area contributed by atoms with Crippen LogP contribution in [0.4, 0.5) is 0 Å². The zero-order chi connectivity index (χ0) is 20.0. The first kappa shape index (κ1) is 18.1. The first-order valence-electron chi connectivity index (χ1n) is 10.1. The molecule has 7 nitrogen and oxygen atoms in total. The van der Waals surface area contributed by atoms with E-state index in [2.05, 4.69) is 21.1 Å². The maximum absolute atomic E-state index is 10.8. The molecule has 1 aromatic carbocycles. The van der Waals surface area contributed by atoms with E-state index < -0.39 is 6.10 Å². The largest absolute Gasteiger partial charge is 0.413 e. The molecule has 3 heterocycles. The van der Waals surface area contributed by atoms with Gasteiger partial charge in [-0.1, -0.05) is 12.8 Å². The van der Waals surface area contributed by atoms with Crippen molar-refractivity contribution in [3.63, 3.8) is 0 Å². The summed E-state index contributed by atoms with van der Waals surface area (Å²) in [7, 11) is 0. The van der Waals surface area contributed by atoms with Gasteiger partial charge in [0.25, 0.3) is 0 Å². The number of imidazole rings is 1. The van der Waals surface area contributed by atoms with Crippen LogP contribution in [0.3, 0.4) is 0 Å². The summed E-state index contributed by atoms with van der Waals surface area (Å²) in [5, 5.41) is 21.1. The Hall–Kier alpha value is -2.95. The Morgan fingerprint density at radius 1 is 1.31 bits per heavy atom. The molecule has 0 amide bonds. The fourth-order valence-corrected chi connectivity index (χ4v) is 4.61. The van der Waals surface area contributed by atoms with Crippen molar-refractivity contribution in [1.82, 2.24) is 20.0 Å². The molecule has 148 valence electrons. The van der Waals surface area contributed by atoms with E-state index in [-0.39, 0.29) is 12.1 Å². The van der Waals surface area contributed by atoms with Crippen molar-refractivity contribution < 1.29 is 9.94 Å². The number of hydrogen-bond acceptors (Lipinski definition) is 6. The van der Waals surface area contributed by atoms with E-state index in [9.17, 15) is 10.4 Å². The second-order valence-electron chi connectivity index (χ2n) is 7.96. The number of nitrogens with one attached hydrogen (secondary N) is 1. The van der Waals surface area contributed by atoms with Crippen molar-refractivity contribution in [3.8, 4) is 6.07 Å². The molecule has 0 radical (unpaired) electrons. The molecule has 0 saturated heterocycles. The van der Waals surface area contributed by atoms with Gasteiger partial charge in [0, 0.05) is 11.8 Å². The first-order chi connectivity index (χ1) is 14.1.